The third-order valence-electron chi connectivity index (χ3n) is 3.50. The Kier molecular flexibility index (Phi) is 3.54. The molecule has 17 heavy (non-hydrogen) atoms. The highest BCUT2D eigenvalue weighted by Gasteiger charge is 2.45. The molecular weight excluding hydrogens is 234 g/mol. The molecule has 1 fully saturated rings. The third kappa shape index (κ3) is 2.11. The van der Waals surface area contributed by atoms with Crippen molar-refractivity contribution < 1.29 is 9.47 Å². The molecule has 0 bridgehead atoms. The molecule has 1 aliphatic carbocycles. The van der Waals surface area contributed by atoms with Crippen molar-refractivity contribution in [2.45, 2.75) is 23.2 Å². The van der Waals surface area contributed by atoms with E-state index in [1.807, 2.05) is 12.3 Å². The van der Waals surface area contributed by atoms with Crippen molar-refractivity contribution in [3.8, 4) is 11.5 Å². The van der Waals surface area contributed by atoms with E-state index in [0.717, 1.165) is 29.2 Å². The average Bonchev–Trinajstić information content (AvgIpc) is 3.17. The predicted octanol–water partition coefficient (Wildman–Crippen LogP) is 2.42. The van der Waals surface area contributed by atoms with Gasteiger partial charge < -0.3 is 15.2 Å². The molecule has 94 valence electrons. The first kappa shape index (κ1) is 12.6. The first-order valence-corrected chi connectivity index (χ1v) is 6.94. The number of methoxy groups -OCH3 is 2. The van der Waals surface area contributed by atoms with Crippen LogP contribution in [-0.4, -0.2) is 27.0 Å². The van der Waals surface area contributed by atoms with E-state index in [9.17, 15) is 0 Å². The minimum Gasteiger partial charge on any atom is -0.497 e. The first-order valence-electron chi connectivity index (χ1n) is 5.71. The summed E-state index contributed by atoms with van der Waals surface area (Å²) < 4.78 is 10.9. The molecule has 0 amide bonds. The Morgan fingerprint density at radius 2 is 2.00 bits per heavy atom. The zero-order chi connectivity index (χ0) is 12.5. The average molecular weight is 253 g/mol. The van der Waals surface area contributed by atoms with Crippen molar-refractivity contribution in [3.05, 3.63) is 17.7 Å². The zero-order valence-corrected chi connectivity index (χ0v) is 11.4. The molecule has 1 aromatic rings. The fourth-order valence-corrected chi connectivity index (χ4v) is 2.80. The molecule has 0 unspecified atom stereocenters. The van der Waals surface area contributed by atoms with Crippen molar-refractivity contribution in [2.24, 2.45) is 5.73 Å². The summed E-state index contributed by atoms with van der Waals surface area (Å²) in [6, 6.07) is 4.08. The molecule has 0 heterocycles. The van der Waals surface area contributed by atoms with E-state index in [-0.39, 0.29) is 5.41 Å². The summed E-state index contributed by atoms with van der Waals surface area (Å²) in [7, 11) is 3.41. The number of nitrogens with two attached hydrogens (primary N) is 1. The van der Waals surface area contributed by atoms with Gasteiger partial charge in [0, 0.05) is 17.5 Å². The van der Waals surface area contributed by atoms with Crippen molar-refractivity contribution in [2.75, 3.05) is 27.0 Å². The lowest BCUT2D eigenvalue weighted by molar-refractivity contribution is 0.384. The van der Waals surface area contributed by atoms with E-state index < -0.39 is 0 Å². The molecule has 2 rings (SSSR count). The number of rotatable bonds is 5. The van der Waals surface area contributed by atoms with Gasteiger partial charge in [-0.1, -0.05) is 0 Å². The Balaban J connectivity index is 2.55. The molecule has 1 aromatic carbocycles. The fourth-order valence-electron chi connectivity index (χ4n) is 2.19. The summed E-state index contributed by atoms with van der Waals surface area (Å²) in [5.41, 5.74) is 7.22. The molecule has 1 aliphatic rings. The van der Waals surface area contributed by atoms with Gasteiger partial charge >= 0.3 is 0 Å². The van der Waals surface area contributed by atoms with Crippen LogP contribution in [0.5, 0.6) is 11.5 Å². The Bertz CT molecular complexity index is 416. The lowest BCUT2D eigenvalue weighted by Crippen LogP contribution is -2.20. The summed E-state index contributed by atoms with van der Waals surface area (Å²) in [6.07, 6.45) is 4.32. The van der Waals surface area contributed by atoms with E-state index in [1.165, 1.54) is 5.56 Å². The second-order valence-electron chi connectivity index (χ2n) is 4.39. The first-order chi connectivity index (χ1) is 8.20. The maximum Gasteiger partial charge on any atom is 0.136 e. The Labute approximate surface area is 107 Å². The summed E-state index contributed by atoms with van der Waals surface area (Å²) in [5, 5.41) is 0. The highest BCUT2D eigenvalue weighted by molar-refractivity contribution is 7.98. The van der Waals surface area contributed by atoms with Crippen molar-refractivity contribution in [3.63, 3.8) is 0 Å². The molecule has 4 heteroatoms. The van der Waals surface area contributed by atoms with Gasteiger partial charge in [-0.25, -0.2) is 0 Å². The largest absolute Gasteiger partial charge is 0.497 e. The van der Waals surface area contributed by atoms with Crippen molar-refractivity contribution in [1.29, 1.82) is 0 Å². The van der Waals surface area contributed by atoms with Gasteiger partial charge in [0.25, 0.3) is 0 Å². The Morgan fingerprint density at radius 3 is 2.41 bits per heavy atom. The van der Waals surface area contributed by atoms with Crippen molar-refractivity contribution >= 4 is 11.8 Å². The molecule has 0 atom stereocenters. The summed E-state index contributed by atoms with van der Waals surface area (Å²) >= 11 is 1.67. The monoisotopic (exact) mass is 253 g/mol. The topological polar surface area (TPSA) is 44.5 Å². The maximum absolute atomic E-state index is 5.90. The van der Waals surface area contributed by atoms with Crippen LogP contribution >= 0.6 is 11.8 Å². The molecule has 1 saturated carbocycles. The van der Waals surface area contributed by atoms with E-state index in [4.69, 9.17) is 15.2 Å². The van der Waals surface area contributed by atoms with Crippen molar-refractivity contribution in [1.82, 2.24) is 0 Å². The second-order valence-corrected chi connectivity index (χ2v) is 5.24. The van der Waals surface area contributed by atoms with Crippen LogP contribution in [-0.2, 0) is 5.41 Å². The standard InChI is InChI=1S/C13H19NO2S/c1-15-9-6-10(13(8-14)4-5-13)12(16-2)11(7-9)17-3/h6-7H,4-5,8,14H2,1-3H3. The number of benzene rings is 1. The molecule has 3 nitrogen and oxygen atoms in total. The second kappa shape index (κ2) is 4.78. The quantitative estimate of drug-likeness (QED) is 0.819. The summed E-state index contributed by atoms with van der Waals surface area (Å²) in [4.78, 5) is 1.11. The van der Waals surface area contributed by atoms with E-state index >= 15 is 0 Å². The third-order valence-corrected chi connectivity index (χ3v) is 4.25. The number of hydrogen-bond acceptors (Lipinski definition) is 4. The van der Waals surface area contributed by atoms with Gasteiger partial charge in [0.2, 0.25) is 0 Å². The van der Waals surface area contributed by atoms with Crippen LogP contribution in [0.25, 0.3) is 0 Å². The molecule has 0 aliphatic heterocycles. The van der Waals surface area contributed by atoms with Crippen LogP contribution in [0.1, 0.15) is 18.4 Å². The summed E-state index contributed by atoms with van der Waals surface area (Å²) in [6.45, 7) is 0.671. The van der Waals surface area contributed by atoms with Gasteiger partial charge in [0.1, 0.15) is 11.5 Å². The Morgan fingerprint density at radius 1 is 1.29 bits per heavy atom. The predicted molar refractivity (Wildman–Crippen MR) is 71.3 cm³/mol. The van der Waals surface area contributed by atoms with Crippen LogP contribution in [0.4, 0.5) is 0 Å². The molecule has 0 saturated heterocycles. The zero-order valence-electron chi connectivity index (χ0n) is 10.6. The van der Waals surface area contributed by atoms with E-state index in [2.05, 4.69) is 6.07 Å². The Hall–Kier alpha value is -0.870. The SMILES string of the molecule is COc1cc(SC)c(OC)c(C2(CN)CC2)c1. The molecule has 0 aromatic heterocycles. The number of ether oxygens (including phenoxy) is 2. The normalized spacial score (nSPS) is 16.7. The van der Waals surface area contributed by atoms with Gasteiger partial charge in [0.05, 0.1) is 19.1 Å². The van der Waals surface area contributed by atoms with Crippen LogP contribution < -0.4 is 15.2 Å². The van der Waals surface area contributed by atoms with Crippen LogP contribution in [0.15, 0.2) is 17.0 Å². The van der Waals surface area contributed by atoms with Gasteiger partial charge in [-0.05, 0) is 31.2 Å². The van der Waals surface area contributed by atoms with Gasteiger partial charge in [-0.2, -0.15) is 0 Å². The molecule has 0 radical (unpaired) electrons. The fraction of sp³-hybridized carbons (Fsp3) is 0.538. The van der Waals surface area contributed by atoms with E-state index in [1.54, 1.807) is 26.0 Å². The minimum absolute atomic E-state index is 0.115. The smallest absolute Gasteiger partial charge is 0.136 e. The molecular formula is C13H19NO2S. The van der Waals surface area contributed by atoms with Gasteiger partial charge in [-0.15, -0.1) is 11.8 Å². The lowest BCUT2D eigenvalue weighted by atomic mass is 9.95. The van der Waals surface area contributed by atoms with Crippen LogP contribution in [0.2, 0.25) is 0 Å². The highest BCUT2D eigenvalue weighted by atomic mass is 32.2. The number of hydrogen-bond donors (Lipinski definition) is 1. The van der Waals surface area contributed by atoms with Gasteiger partial charge in [-0.3, -0.25) is 0 Å². The maximum atomic E-state index is 5.90. The lowest BCUT2D eigenvalue weighted by Gasteiger charge is -2.20. The highest BCUT2D eigenvalue weighted by Crippen LogP contribution is 2.53. The van der Waals surface area contributed by atoms with Crippen LogP contribution in [0.3, 0.4) is 0 Å². The number of thioether (sulfide) groups is 1. The van der Waals surface area contributed by atoms with Crippen LogP contribution in [0, 0.1) is 0 Å². The molecule has 2 N–H and O–H groups in total. The minimum atomic E-state index is 0.115. The van der Waals surface area contributed by atoms with Gasteiger partial charge in [0.15, 0.2) is 0 Å². The summed E-state index contributed by atoms with van der Waals surface area (Å²) in [5.74, 6) is 1.84. The molecule has 0 spiro atoms. The van der Waals surface area contributed by atoms with E-state index in [0.29, 0.717) is 6.54 Å².